The SMILES string of the molecule is CCNCCCS(=O)(=O)NCc1cncs1. The number of nitrogens with one attached hydrogen (secondary N) is 2. The highest BCUT2D eigenvalue weighted by Gasteiger charge is 2.09. The molecule has 5 nitrogen and oxygen atoms in total. The van der Waals surface area contributed by atoms with Gasteiger partial charge in [-0.1, -0.05) is 6.92 Å². The third kappa shape index (κ3) is 5.55. The molecule has 0 spiro atoms. The van der Waals surface area contributed by atoms with Crippen LogP contribution < -0.4 is 10.0 Å². The van der Waals surface area contributed by atoms with Crippen molar-refractivity contribution in [2.24, 2.45) is 0 Å². The van der Waals surface area contributed by atoms with E-state index in [1.54, 1.807) is 11.7 Å². The lowest BCUT2D eigenvalue weighted by Gasteiger charge is -2.05. The number of hydrogen-bond acceptors (Lipinski definition) is 5. The second kappa shape index (κ2) is 6.95. The Balaban J connectivity index is 2.23. The Morgan fingerprint density at radius 1 is 1.50 bits per heavy atom. The Kier molecular flexibility index (Phi) is 5.89. The van der Waals surface area contributed by atoms with Crippen molar-refractivity contribution in [3.63, 3.8) is 0 Å². The second-order valence-corrected chi connectivity index (χ2v) is 6.21. The minimum absolute atomic E-state index is 0.165. The number of hydrogen-bond donors (Lipinski definition) is 2. The summed E-state index contributed by atoms with van der Waals surface area (Å²) in [5.41, 5.74) is 1.69. The van der Waals surface area contributed by atoms with Gasteiger partial charge < -0.3 is 5.32 Å². The predicted octanol–water partition coefficient (Wildman–Crippen LogP) is 0.562. The minimum Gasteiger partial charge on any atom is -0.317 e. The van der Waals surface area contributed by atoms with E-state index >= 15 is 0 Å². The molecular formula is C9H17N3O2S2. The molecule has 0 aliphatic rings. The number of nitrogens with zero attached hydrogens (tertiary/aromatic N) is 1. The van der Waals surface area contributed by atoms with Gasteiger partial charge >= 0.3 is 0 Å². The van der Waals surface area contributed by atoms with Gasteiger partial charge in [-0.15, -0.1) is 11.3 Å². The lowest BCUT2D eigenvalue weighted by atomic mass is 10.5. The number of thiazole rings is 1. The molecule has 92 valence electrons. The van der Waals surface area contributed by atoms with Crippen molar-refractivity contribution >= 4 is 21.4 Å². The monoisotopic (exact) mass is 263 g/mol. The van der Waals surface area contributed by atoms with Crippen LogP contribution in [0.1, 0.15) is 18.2 Å². The zero-order chi connectivity index (χ0) is 11.9. The standard InChI is InChI=1S/C9H17N3O2S2/c1-2-10-4-3-5-16(13,14)12-7-9-6-11-8-15-9/h6,8,10,12H,2-5,7H2,1H3. The summed E-state index contributed by atoms with van der Waals surface area (Å²) in [6.45, 7) is 3.94. The Hall–Kier alpha value is -0.500. The highest BCUT2D eigenvalue weighted by molar-refractivity contribution is 7.89. The Bertz CT molecular complexity index is 375. The molecule has 1 aromatic rings. The van der Waals surface area contributed by atoms with E-state index in [2.05, 4.69) is 15.0 Å². The van der Waals surface area contributed by atoms with Crippen molar-refractivity contribution in [1.82, 2.24) is 15.0 Å². The Morgan fingerprint density at radius 2 is 2.31 bits per heavy atom. The molecule has 1 aromatic heterocycles. The van der Waals surface area contributed by atoms with Crippen LogP contribution in [-0.4, -0.2) is 32.2 Å². The van der Waals surface area contributed by atoms with Gasteiger partial charge in [0.2, 0.25) is 10.0 Å². The zero-order valence-corrected chi connectivity index (χ0v) is 10.9. The van der Waals surface area contributed by atoms with Crippen molar-refractivity contribution in [3.05, 3.63) is 16.6 Å². The molecule has 0 aromatic carbocycles. The average Bonchev–Trinajstić information content (AvgIpc) is 2.75. The summed E-state index contributed by atoms with van der Waals surface area (Å²) in [6, 6.07) is 0. The van der Waals surface area contributed by atoms with Crippen molar-refractivity contribution in [1.29, 1.82) is 0 Å². The van der Waals surface area contributed by atoms with Gasteiger partial charge in [0.25, 0.3) is 0 Å². The van der Waals surface area contributed by atoms with Gasteiger partial charge in [0, 0.05) is 17.6 Å². The van der Waals surface area contributed by atoms with E-state index < -0.39 is 10.0 Å². The van der Waals surface area contributed by atoms with Crippen LogP contribution in [0.2, 0.25) is 0 Å². The summed E-state index contributed by atoms with van der Waals surface area (Å²) in [6.07, 6.45) is 2.30. The third-order valence-electron chi connectivity index (χ3n) is 1.97. The van der Waals surface area contributed by atoms with E-state index in [1.165, 1.54) is 11.3 Å². The van der Waals surface area contributed by atoms with E-state index in [0.717, 1.165) is 18.0 Å². The van der Waals surface area contributed by atoms with E-state index in [9.17, 15) is 8.42 Å². The van der Waals surface area contributed by atoms with Crippen LogP contribution in [0, 0.1) is 0 Å². The van der Waals surface area contributed by atoms with Crippen LogP contribution in [0.25, 0.3) is 0 Å². The molecule has 2 N–H and O–H groups in total. The first kappa shape index (κ1) is 13.6. The van der Waals surface area contributed by atoms with Gasteiger partial charge in [0.15, 0.2) is 0 Å². The molecular weight excluding hydrogens is 246 g/mol. The van der Waals surface area contributed by atoms with Gasteiger partial charge in [-0.2, -0.15) is 0 Å². The summed E-state index contributed by atoms with van der Waals surface area (Å²) in [4.78, 5) is 4.81. The van der Waals surface area contributed by atoms with Gasteiger partial charge in [-0.05, 0) is 19.5 Å². The van der Waals surface area contributed by atoms with Crippen LogP contribution in [0.3, 0.4) is 0 Å². The van der Waals surface area contributed by atoms with Crippen LogP contribution in [0.15, 0.2) is 11.7 Å². The first-order valence-electron chi connectivity index (χ1n) is 5.19. The molecule has 0 unspecified atom stereocenters. The molecule has 16 heavy (non-hydrogen) atoms. The van der Waals surface area contributed by atoms with E-state index in [0.29, 0.717) is 13.0 Å². The normalized spacial score (nSPS) is 11.8. The number of sulfonamides is 1. The molecule has 0 radical (unpaired) electrons. The predicted molar refractivity (Wildman–Crippen MR) is 65.9 cm³/mol. The fraction of sp³-hybridized carbons (Fsp3) is 0.667. The molecule has 0 amide bonds. The molecule has 0 fully saturated rings. The largest absolute Gasteiger partial charge is 0.317 e. The molecule has 0 aliphatic carbocycles. The first-order chi connectivity index (χ1) is 7.64. The minimum atomic E-state index is -3.15. The van der Waals surface area contributed by atoms with Crippen molar-refractivity contribution in [2.45, 2.75) is 19.9 Å². The van der Waals surface area contributed by atoms with Gasteiger partial charge in [0.05, 0.1) is 11.3 Å². The van der Waals surface area contributed by atoms with Crippen LogP contribution in [-0.2, 0) is 16.6 Å². The fourth-order valence-electron chi connectivity index (χ4n) is 1.15. The molecule has 0 bridgehead atoms. The molecule has 0 saturated carbocycles. The summed E-state index contributed by atoms with van der Waals surface area (Å²) in [5.74, 6) is 0.165. The van der Waals surface area contributed by atoms with E-state index in [4.69, 9.17) is 0 Å². The maximum atomic E-state index is 11.5. The molecule has 0 saturated heterocycles. The van der Waals surface area contributed by atoms with Gasteiger partial charge in [-0.25, -0.2) is 13.1 Å². The highest BCUT2D eigenvalue weighted by atomic mass is 32.2. The number of rotatable bonds is 8. The maximum absolute atomic E-state index is 11.5. The van der Waals surface area contributed by atoms with Crippen LogP contribution >= 0.6 is 11.3 Å². The topological polar surface area (TPSA) is 71.1 Å². The van der Waals surface area contributed by atoms with E-state index in [-0.39, 0.29) is 5.75 Å². The third-order valence-corrected chi connectivity index (χ3v) is 4.16. The molecule has 7 heteroatoms. The second-order valence-electron chi connectivity index (χ2n) is 3.31. The summed E-state index contributed by atoms with van der Waals surface area (Å²) >= 11 is 1.45. The fourth-order valence-corrected chi connectivity index (χ4v) is 2.82. The smallest absolute Gasteiger partial charge is 0.211 e. The summed E-state index contributed by atoms with van der Waals surface area (Å²) in [5, 5.41) is 3.09. The zero-order valence-electron chi connectivity index (χ0n) is 9.27. The summed E-state index contributed by atoms with van der Waals surface area (Å²) < 4.78 is 25.6. The molecule has 0 aliphatic heterocycles. The van der Waals surface area contributed by atoms with Crippen molar-refractivity contribution in [2.75, 3.05) is 18.8 Å². The average molecular weight is 263 g/mol. The Labute approximate surface area is 100 Å². The summed E-state index contributed by atoms with van der Waals surface area (Å²) in [7, 11) is -3.15. The van der Waals surface area contributed by atoms with Crippen LogP contribution in [0.4, 0.5) is 0 Å². The van der Waals surface area contributed by atoms with Gasteiger partial charge in [0.1, 0.15) is 0 Å². The van der Waals surface area contributed by atoms with Crippen LogP contribution in [0.5, 0.6) is 0 Å². The van der Waals surface area contributed by atoms with E-state index in [1.807, 2.05) is 6.92 Å². The quantitative estimate of drug-likeness (QED) is 0.672. The highest BCUT2D eigenvalue weighted by Crippen LogP contribution is 2.05. The van der Waals surface area contributed by atoms with Crippen molar-refractivity contribution < 1.29 is 8.42 Å². The lowest BCUT2D eigenvalue weighted by molar-refractivity contribution is 0.576. The number of aromatic nitrogens is 1. The van der Waals surface area contributed by atoms with Crippen molar-refractivity contribution in [3.8, 4) is 0 Å². The molecule has 1 rings (SSSR count). The Morgan fingerprint density at radius 3 is 2.94 bits per heavy atom. The maximum Gasteiger partial charge on any atom is 0.211 e. The van der Waals surface area contributed by atoms with Gasteiger partial charge in [-0.3, -0.25) is 4.98 Å². The molecule has 1 heterocycles. The first-order valence-corrected chi connectivity index (χ1v) is 7.72. The lowest BCUT2D eigenvalue weighted by Crippen LogP contribution is -2.27. The molecule has 0 atom stereocenters.